The summed E-state index contributed by atoms with van der Waals surface area (Å²) in [5, 5.41) is 2.93. The summed E-state index contributed by atoms with van der Waals surface area (Å²) in [6.07, 6.45) is -3.60. The largest absolute Gasteiger partial charge is 0.416 e. The minimum atomic E-state index is -4.47. The van der Waals surface area contributed by atoms with Gasteiger partial charge in [0.1, 0.15) is 0 Å². The molecule has 0 amide bonds. The Hall–Kier alpha value is -2.01. The van der Waals surface area contributed by atoms with Crippen LogP contribution in [0.25, 0.3) is 0 Å². The maximum atomic E-state index is 13.6. The third-order valence-corrected chi connectivity index (χ3v) is 4.80. The minimum absolute atomic E-state index is 0. The van der Waals surface area contributed by atoms with Crippen LogP contribution >= 0.6 is 24.0 Å². The normalized spacial score (nSPS) is 14.9. The number of aliphatic imine (C=N–C) groups is 1. The predicted octanol–water partition coefficient (Wildman–Crippen LogP) is 4.65. The minimum Gasteiger partial charge on any atom is -0.378 e. The number of nitrogens with one attached hydrogen (secondary N) is 1. The molecule has 1 aliphatic rings. The molecule has 0 atom stereocenters. The molecule has 0 aliphatic carbocycles. The first kappa shape index (κ1) is 24.3. The standard InChI is InChI=1S/C21H25F3N4O.HI/c1-2-15-4-3-5-17(12-15)27-20(25)26-14-16-6-7-18(13-19(16)21(22,23)24)28-8-10-29-11-9-28;/h3-7,12-13H,2,8-11,14H2,1H3,(H3,25,26,27);1H. The Morgan fingerprint density at radius 3 is 2.57 bits per heavy atom. The lowest BCUT2D eigenvalue weighted by Gasteiger charge is -2.29. The third-order valence-electron chi connectivity index (χ3n) is 4.80. The van der Waals surface area contributed by atoms with Gasteiger partial charge in [-0.05, 0) is 41.8 Å². The lowest BCUT2D eigenvalue weighted by molar-refractivity contribution is -0.138. The van der Waals surface area contributed by atoms with Crippen LogP contribution < -0.4 is 16.0 Å². The molecular weight excluding hydrogens is 508 g/mol. The molecule has 1 fully saturated rings. The Bertz CT molecular complexity index is 868. The number of aryl methyl sites for hydroxylation is 1. The Kier molecular flexibility index (Phi) is 8.78. The van der Waals surface area contributed by atoms with Gasteiger partial charge in [0, 0.05) is 24.5 Å². The Morgan fingerprint density at radius 1 is 1.17 bits per heavy atom. The zero-order chi connectivity index (χ0) is 20.9. The van der Waals surface area contributed by atoms with Gasteiger partial charge in [0.15, 0.2) is 5.96 Å². The molecule has 30 heavy (non-hydrogen) atoms. The lowest BCUT2D eigenvalue weighted by atomic mass is 10.1. The van der Waals surface area contributed by atoms with E-state index in [0.717, 1.165) is 17.7 Å². The van der Waals surface area contributed by atoms with E-state index in [-0.39, 0.29) is 42.0 Å². The van der Waals surface area contributed by atoms with E-state index in [4.69, 9.17) is 10.5 Å². The third kappa shape index (κ3) is 6.49. The van der Waals surface area contributed by atoms with Crippen LogP contribution in [0.2, 0.25) is 0 Å². The predicted molar refractivity (Wildman–Crippen MR) is 125 cm³/mol. The fourth-order valence-corrected chi connectivity index (χ4v) is 3.21. The fraction of sp³-hybridized carbons (Fsp3) is 0.381. The summed E-state index contributed by atoms with van der Waals surface area (Å²) < 4.78 is 46.1. The first-order chi connectivity index (χ1) is 13.9. The van der Waals surface area contributed by atoms with Gasteiger partial charge >= 0.3 is 6.18 Å². The maximum absolute atomic E-state index is 13.6. The number of alkyl halides is 3. The first-order valence-corrected chi connectivity index (χ1v) is 9.55. The lowest BCUT2D eigenvalue weighted by Crippen LogP contribution is -2.36. The molecule has 0 spiro atoms. The molecule has 0 radical (unpaired) electrons. The summed E-state index contributed by atoms with van der Waals surface area (Å²) in [4.78, 5) is 6.00. The molecule has 9 heteroatoms. The van der Waals surface area contributed by atoms with Gasteiger partial charge in [-0.15, -0.1) is 24.0 Å². The fourth-order valence-electron chi connectivity index (χ4n) is 3.21. The van der Waals surface area contributed by atoms with Crippen molar-refractivity contribution < 1.29 is 17.9 Å². The van der Waals surface area contributed by atoms with Crippen molar-refractivity contribution in [2.45, 2.75) is 26.1 Å². The molecular formula is C21H26F3IN4O. The van der Waals surface area contributed by atoms with Crippen molar-refractivity contribution in [3.8, 4) is 0 Å². The molecule has 2 aromatic carbocycles. The topological polar surface area (TPSA) is 62.9 Å². The molecule has 3 N–H and O–H groups in total. The highest BCUT2D eigenvalue weighted by Crippen LogP contribution is 2.35. The number of anilines is 2. The van der Waals surface area contributed by atoms with Gasteiger partial charge in [-0.1, -0.05) is 25.1 Å². The molecule has 1 saturated heterocycles. The van der Waals surface area contributed by atoms with E-state index in [0.29, 0.717) is 32.0 Å². The molecule has 0 aromatic heterocycles. The molecule has 164 valence electrons. The van der Waals surface area contributed by atoms with Gasteiger partial charge in [-0.3, -0.25) is 0 Å². The van der Waals surface area contributed by atoms with Crippen LogP contribution in [-0.2, 0) is 23.9 Å². The SMILES string of the molecule is CCc1cccc(NC(N)=NCc2ccc(N3CCOCC3)cc2C(F)(F)F)c1.I. The molecule has 0 unspecified atom stereocenters. The Balaban J connectivity index is 0.00000320. The summed E-state index contributed by atoms with van der Waals surface area (Å²) in [6.45, 7) is 4.04. The van der Waals surface area contributed by atoms with Crippen molar-refractivity contribution in [1.82, 2.24) is 0 Å². The molecule has 0 saturated carbocycles. The highest BCUT2D eigenvalue weighted by Gasteiger charge is 2.34. The first-order valence-electron chi connectivity index (χ1n) is 9.55. The van der Waals surface area contributed by atoms with Gasteiger partial charge in [-0.2, -0.15) is 13.2 Å². The number of guanidine groups is 1. The quantitative estimate of drug-likeness (QED) is 0.333. The van der Waals surface area contributed by atoms with E-state index >= 15 is 0 Å². The van der Waals surface area contributed by atoms with E-state index in [9.17, 15) is 13.2 Å². The number of hydrogen-bond acceptors (Lipinski definition) is 3. The zero-order valence-corrected chi connectivity index (χ0v) is 19.0. The van der Waals surface area contributed by atoms with E-state index in [1.54, 1.807) is 6.07 Å². The van der Waals surface area contributed by atoms with Gasteiger partial charge in [0.25, 0.3) is 0 Å². The van der Waals surface area contributed by atoms with Gasteiger partial charge in [-0.25, -0.2) is 4.99 Å². The van der Waals surface area contributed by atoms with Crippen molar-refractivity contribution in [2.24, 2.45) is 10.7 Å². The number of nitrogens with zero attached hydrogens (tertiary/aromatic N) is 2. The van der Waals surface area contributed by atoms with Crippen LogP contribution in [0.1, 0.15) is 23.6 Å². The van der Waals surface area contributed by atoms with Crippen LogP contribution in [-0.4, -0.2) is 32.3 Å². The highest BCUT2D eigenvalue weighted by atomic mass is 127. The van der Waals surface area contributed by atoms with Crippen LogP contribution in [0.4, 0.5) is 24.5 Å². The Morgan fingerprint density at radius 2 is 1.90 bits per heavy atom. The van der Waals surface area contributed by atoms with E-state index < -0.39 is 11.7 Å². The van der Waals surface area contributed by atoms with E-state index in [1.165, 1.54) is 12.1 Å². The van der Waals surface area contributed by atoms with Crippen LogP contribution in [0.15, 0.2) is 47.5 Å². The van der Waals surface area contributed by atoms with Crippen LogP contribution in [0, 0.1) is 0 Å². The van der Waals surface area contributed by atoms with Crippen molar-refractivity contribution in [3.05, 3.63) is 59.2 Å². The van der Waals surface area contributed by atoms with Gasteiger partial charge in [0.05, 0.1) is 25.3 Å². The number of nitrogens with two attached hydrogens (primary N) is 1. The zero-order valence-electron chi connectivity index (χ0n) is 16.7. The second kappa shape index (κ2) is 10.9. The molecule has 1 heterocycles. The van der Waals surface area contributed by atoms with Crippen LogP contribution in [0.3, 0.4) is 0 Å². The summed E-state index contributed by atoms with van der Waals surface area (Å²) in [5.74, 6) is 0.0728. The average molecular weight is 534 g/mol. The van der Waals surface area contributed by atoms with Crippen molar-refractivity contribution in [1.29, 1.82) is 0 Å². The second-order valence-corrected chi connectivity index (χ2v) is 6.82. The van der Waals surface area contributed by atoms with E-state index in [1.807, 2.05) is 36.1 Å². The number of ether oxygens (including phenoxy) is 1. The number of benzene rings is 2. The molecule has 1 aliphatic heterocycles. The monoisotopic (exact) mass is 534 g/mol. The summed E-state index contributed by atoms with van der Waals surface area (Å²) in [5.41, 5.74) is 7.70. The smallest absolute Gasteiger partial charge is 0.378 e. The summed E-state index contributed by atoms with van der Waals surface area (Å²) >= 11 is 0. The van der Waals surface area contributed by atoms with Crippen molar-refractivity contribution >= 4 is 41.3 Å². The van der Waals surface area contributed by atoms with Gasteiger partial charge in [0.2, 0.25) is 0 Å². The van der Waals surface area contributed by atoms with Gasteiger partial charge < -0.3 is 20.7 Å². The number of rotatable bonds is 5. The van der Waals surface area contributed by atoms with Crippen LogP contribution in [0.5, 0.6) is 0 Å². The highest BCUT2D eigenvalue weighted by molar-refractivity contribution is 14.0. The van der Waals surface area contributed by atoms with Crippen molar-refractivity contribution in [3.63, 3.8) is 0 Å². The second-order valence-electron chi connectivity index (χ2n) is 6.82. The number of hydrogen-bond donors (Lipinski definition) is 2. The average Bonchev–Trinajstić information content (AvgIpc) is 2.72. The van der Waals surface area contributed by atoms with Crippen molar-refractivity contribution in [2.75, 3.05) is 36.5 Å². The Labute approximate surface area is 191 Å². The molecule has 2 aromatic rings. The number of halogens is 4. The number of morpholine rings is 1. The molecule has 5 nitrogen and oxygen atoms in total. The maximum Gasteiger partial charge on any atom is 0.416 e. The van der Waals surface area contributed by atoms with E-state index in [2.05, 4.69) is 10.3 Å². The summed E-state index contributed by atoms with van der Waals surface area (Å²) in [6, 6.07) is 12.0. The summed E-state index contributed by atoms with van der Waals surface area (Å²) in [7, 11) is 0. The molecule has 3 rings (SSSR count). The molecule has 0 bridgehead atoms.